The molecule has 0 radical (unpaired) electrons. The highest BCUT2D eigenvalue weighted by Gasteiger charge is 2.29. The van der Waals surface area contributed by atoms with Crippen LogP contribution in [0.3, 0.4) is 0 Å². The highest BCUT2D eigenvalue weighted by molar-refractivity contribution is 7.89. The van der Waals surface area contributed by atoms with E-state index < -0.39 is 10.0 Å². The van der Waals surface area contributed by atoms with Crippen LogP contribution in [0.15, 0.2) is 35.7 Å². The Morgan fingerprint density at radius 2 is 1.95 bits per heavy atom. The van der Waals surface area contributed by atoms with Crippen LogP contribution >= 0.6 is 0 Å². The van der Waals surface area contributed by atoms with Crippen molar-refractivity contribution in [1.82, 2.24) is 9.21 Å². The van der Waals surface area contributed by atoms with Gasteiger partial charge in [-0.25, -0.2) is 8.42 Å². The minimum atomic E-state index is -3.43. The Labute approximate surface area is 126 Å². The molecule has 1 heterocycles. The molecule has 0 N–H and O–H groups in total. The fourth-order valence-electron chi connectivity index (χ4n) is 2.51. The van der Waals surface area contributed by atoms with E-state index >= 15 is 0 Å². The fourth-order valence-corrected chi connectivity index (χ4v) is 4.14. The van der Waals surface area contributed by atoms with Gasteiger partial charge >= 0.3 is 0 Å². The molecule has 1 aromatic rings. The molecule has 0 aromatic heterocycles. The molecular weight excluding hydrogens is 288 g/mol. The average Bonchev–Trinajstić information content (AvgIpc) is 2.47. The lowest BCUT2D eigenvalue weighted by Gasteiger charge is -2.33. The van der Waals surface area contributed by atoms with E-state index in [4.69, 9.17) is 4.74 Å². The number of rotatable bonds is 5. The highest BCUT2D eigenvalue weighted by Crippen LogP contribution is 2.24. The van der Waals surface area contributed by atoms with E-state index in [1.807, 2.05) is 6.08 Å². The van der Waals surface area contributed by atoms with Crippen LogP contribution in [0.2, 0.25) is 0 Å². The first kappa shape index (κ1) is 16.0. The molecule has 21 heavy (non-hydrogen) atoms. The maximum Gasteiger partial charge on any atom is 0.243 e. The molecule has 0 aliphatic carbocycles. The van der Waals surface area contributed by atoms with Crippen molar-refractivity contribution in [1.29, 1.82) is 0 Å². The lowest BCUT2D eigenvalue weighted by atomic mass is 10.2. The van der Waals surface area contributed by atoms with Crippen LogP contribution in [0.25, 0.3) is 0 Å². The van der Waals surface area contributed by atoms with Crippen LogP contribution in [0.4, 0.5) is 0 Å². The first-order valence-corrected chi connectivity index (χ1v) is 8.41. The van der Waals surface area contributed by atoms with Crippen molar-refractivity contribution in [2.45, 2.75) is 11.8 Å². The molecule has 1 fully saturated rings. The molecule has 0 saturated carbocycles. The largest absolute Gasteiger partial charge is 0.497 e. The molecule has 0 bridgehead atoms. The summed E-state index contributed by atoms with van der Waals surface area (Å²) in [6.07, 6.45) is 1.85. The molecule has 116 valence electrons. The van der Waals surface area contributed by atoms with Gasteiger partial charge in [0.15, 0.2) is 0 Å². The lowest BCUT2D eigenvalue weighted by molar-refractivity contribution is 0.204. The summed E-state index contributed by atoms with van der Waals surface area (Å²) in [6, 6.07) is 5.06. The number of hydrogen-bond acceptors (Lipinski definition) is 4. The van der Waals surface area contributed by atoms with E-state index in [0.717, 1.165) is 19.6 Å². The molecular formula is C15H22N2O3S. The van der Waals surface area contributed by atoms with Crippen molar-refractivity contribution in [2.24, 2.45) is 0 Å². The topological polar surface area (TPSA) is 49.9 Å². The Morgan fingerprint density at radius 1 is 1.29 bits per heavy atom. The Kier molecular flexibility index (Phi) is 5.03. The summed E-state index contributed by atoms with van der Waals surface area (Å²) < 4.78 is 32.1. The number of aryl methyl sites for hydroxylation is 1. The third-order valence-corrected chi connectivity index (χ3v) is 5.78. The maximum atomic E-state index is 12.7. The number of piperazine rings is 1. The number of ether oxygens (including phenoxy) is 1. The van der Waals surface area contributed by atoms with Crippen LogP contribution in [0.1, 0.15) is 5.56 Å². The summed E-state index contributed by atoms with van der Waals surface area (Å²) in [6.45, 7) is 8.81. The van der Waals surface area contributed by atoms with E-state index in [-0.39, 0.29) is 0 Å². The van der Waals surface area contributed by atoms with Crippen molar-refractivity contribution in [3.05, 3.63) is 36.4 Å². The minimum absolute atomic E-state index is 0.362. The van der Waals surface area contributed by atoms with Crippen molar-refractivity contribution in [3.63, 3.8) is 0 Å². The third kappa shape index (κ3) is 3.45. The van der Waals surface area contributed by atoms with Crippen LogP contribution in [-0.4, -0.2) is 57.5 Å². The van der Waals surface area contributed by atoms with Crippen molar-refractivity contribution in [2.75, 3.05) is 39.8 Å². The molecule has 0 spiro atoms. The number of benzene rings is 1. The van der Waals surface area contributed by atoms with Gasteiger partial charge in [0.05, 0.1) is 12.0 Å². The van der Waals surface area contributed by atoms with Gasteiger partial charge in [0.1, 0.15) is 5.75 Å². The zero-order valence-electron chi connectivity index (χ0n) is 12.6. The molecule has 2 rings (SSSR count). The minimum Gasteiger partial charge on any atom is -0.497 e. The van der Waals surface area contributed by atoms with Gasteiger partial charge in [-0.05, 0) is 30.7 Å². The second-order valence-corrected chi connectivity index (χ2v) is 7.03. The molecule has 1 aliphatic rings. The second kappa shape index (κ2) is 6.60. The average molecular weight is 310 g/mol. The lowest BCUT2D eigenvalue weighted by Crippen LogP contribution is -2.48. The molecule has 0 unspecified atom stereocenters. The Morgan fingerprint density at radius 3 is 2.48 bits per heavy atom. The standard InChI is InChI=1S/C15H22N2O3S/c1-4-7-16-8-10-17(11-9-16)21(18,19)15-6-5-14(20-3)12-13(15)2/h4-6,12H,1,7-11H2,2-3H3. The van der Waals surface area contributed by atoms with Gasteiger partial charge in [0, 0.05) is 32.7 Å². The summed E-state index contributed by atoms with van der Waals surface area (Å²) >= 11 is 0. The molecule has 1 saturated heterocycles. The predicted molar refractivity (Wildman–Crippen MR) is 83.1 cm³/mol. The summed E-state index contributed by atoms with van der Waals surface area (Å²) in [5.74, 6) is 0.669. The SMILES string of the molecule is C=CCN1CCN(S(=O)(=O)c2ccc(OC)cc2C)CC1. The van der Waals surface area contributed by atoms with E-state index in [1.54, 1.807) is 36.5 Å². The van der Waals surface area contributed by atoms with Gasteiger partial charge in [0.2, 0.25) is 10.0 Å². The Balaban J connectivity index is 2.17. The molecule has 1 aromatic carbocycles. The van der Waals surface area contributed by atoms with Gasteiger partial charge in [-0.1, -0.05) is 6.08 Å². The molecule has 0 amide bonds. The van der Waals surface area contributed by atoms with Crippen LogP contribution in [0, 0.1) is 6.92 Å². The summed E-state index contributed by atoms with van der Waals surface area (Å²) in [5.41, 5.74) is 0.711. The smallest absolute Gasteiger partial charge is 0.243 e. The summed E-state index contributed by atoms with van der Waals surface area (Å²) in [7, 11) is -1.86. The van der Waals surface area contributed by atoms with E-state index in [0.29, 0.717) is 29.3 Å². The Hall–Kier alpha value is -1.37. The maximum absolute atomic E-state index is 12.7. The number of sulfonamides is 1. The first-order valence-electron chi connectivity index (χ1n) is 6.97. The summed E-state index contributed by atoms with van der Waals surface area (Å²) in [4.78, 5) is 2.56. The second-order valence-electron chi connectivity index (χ2n) is 5.12. The van der Waals surface area contributed by atoms with Crippen molar-refractivity contribution in [3.8, 4) is 5.75 Å². The Bertz CT molecular complexity index is 605. The summed E-state index contributed by atoms with van der Waals surface area (Å²) in [5, 5.41) is 0. The number of methoxy groups -OCH3 is 1. The van der Waals surface area contributed by atoms with Gasteiger partial charge in [-0.15, -0.1) is 6.58 Å². The zero-order valence-corrected chi connectivity index (χ0v) is 13.4. The highest BCUT2D eigenvalue weighted by atomic mass is 32.2. The van der Waals surface area contributed by atoms with E-state index in [1.165, 1.54) is 0 Å². The van der Waals surface area contributed by atoms with Crippen LogP contribution in [-0.2, 0) is 10.0 Å². The quantitative estimate of drug-likeness (QED) is 0.773. The zero-order chi connectivity index (χ0) is 15.5. The van der Waals surface area contributed by atoms with Crippen LogP contribution in [0.5, 0.6) is 5.75 Å². The number of hydrogen-bond donors (Lipinski definition) is 0. The van der Waals surface area contributed by atoms with Gasteiger partial charge in [0.25, 0.3) is 0 Å². The predicted octanol–water partition coefficient (Wildman–Crippen LogP) is 1.50. The molecule has 0 atom stereocenters. The van der Waals surface area contributed by atoms with Gasteiger partial charge in [-0.3, -0.25) is 4.90 Å². The fraction of sp³-hybridized carbons (Fsp3) is 0.467. The molecule has 1 aliphatic heterocycles. The normalized spacial score (nSPS) is 17.6. The van der Waals surface area contributed by atoms with Crippen molar-refractivity contribution >= 4 is 10.0 Å². The third-order valence-electron chi connectivity index (χ3n) is 3.72. The van der Waals surface area contributed by atoms with Crippen molar-refractivity contribution < 1.29 is 13.2 Å². The van der Waals surface area contributed by atoms with Crippen LogP contribution < -0.4 is 4.74 Å². The van der Waals surface area contributed by atoms with Gasteiger partial charge < -0.3 is 4.74 Å². The van der Waals surface area contributed by atoms with E-state index in [9.17, 15) is 8.42 Å². The first-order chi connectivity index (χ1) is 9.98. The van der Waals surface area contributed by atoms with E-state index in [2.05, 4.69) is 11.5 Å². The number of nitrogens with zero attached hydrogens (tertiary/aromatic N) is 2. The molecule has 5 nitrogen and oxygen atoms in total. The van der Waals surface area contributed by atoms with Gasteiger partial charge in [-0.2, -0.15) is 4.31 Å². The monoisotopic (exact) mass is 310 g/mol. The molecule has 6 heteroatoms.